The number of pyridine rings is 1. The molecule has 0 unspecified atom stereocenters. The average Bonchev–Trinajstić information content (AvgIpc) is 3.06. The number of anilines is 1. The molecule has 0 N–H and O–H groups in total. The van der Waals surface area contributed by atoms with Gasteiger partial charge in [-0.15, -0.1) is 0 Å². The van der Waals surface area contributed by atoms with Gasteiger partial charge >= 0.3 is 0 Å². The van der Waals surface area contributed by atoms with Gasteiger partial charge in [0.25, 0.3) is 10.0 Å². The number of benzene rings is 2. The van der Waals surface area contributed by atoms with Crippen molar-refractivity contribution in [1.82, 2.24) is 9.38 Å². The topological polar surface area (TPSA) is 54.7 Å². The minimum Gasteiger partial charge on any atom is -0.283 e. The van der Waals surface area contributed by atoms with E-state index in [9.17, 15) is 8.42 Å². The van der Waals surface area contributed by atoms with Crippen LogP contribution in [0.2, 0.25) is 10.0 Å². The monoisotopic (exact) mass is 431 g/mol. The lowest BCUT2D eigenvalue weighted by Gasteiger charge is -2.20. The van der Waals surface area contributed by atoms with Gasteiger partial charge in [-0.2, -0.15) is 0 Å². The zero-order valence-electron chi connectivity index (χ0n) is 14.8. The lowest BCUT2D eigenvalue weighted by Crippen LogP contribution is -2.28. The molecule has 0 spiro atoms. The molecule has 2 aromatic heterocycles. The van der Waals surface area contributed by atoms with E-state index in [0.717, 1.165) is 5.56 Å². The Kier molecular flexibility index (Phi) is 4.79. The molecule has 4 aromatic rings. The van der Waals surface area contributed by atoms with E-state index in [0.29, 0.717) is 27.2 Å². The maximum absolute atomic E-state index is 13.3. The van der Waals surface area contributed by atoms with Gasteiger partial charge in [0.1, 0.15) is 11.3 Å². The third-order valence-corrected chi connectivity index (χ3v) is 6.61. The number of imidazole rings is 1. The van der Waals surface area contributed by atoms with Crippen molar-refractivity contribution in [2.75, 3.05) is 11.4 Å². The van der Waals surface area contributed by atoms with Crippen LogP contribution in [0.5, 0.6) is 0 Å². The van der Waals surface area contributed by atoms with Crippen molar-refractivity contribution in [1.29, 1.82) is 0 Å². The summed E-state index contributed by atoms with van der Waals surface area (Å²) in [5.41, 5.74) is 1.94. The van der Waals surface area contributed by atoms with Crippen LogP contribution < -0.4 is 4.31 Å². The predicted octanol–water partition coefficient (Wildman–Crippen LogP) is 5.13. The molecule has 28 heavy (non-hydrogen) atoms. The van der Waals surface area contributed by atoms with Crippen molar-refractivity contribution in [3.63, 3.8) is 0 Å². The van der Waals surface area contributed by atoms with Crippen LogP contribution in [0, 0.1) is 0 Å². The van der Waals surface area contributed by atoms with Gasteiger partial charge in [-0.05, 0) is 36.4 Å². The molecule has 2 aromatic carbocycles. The second-order valence-electron chi connectivity index (χ2n) is 6.15. The average molecular weight is 432 g/mol. The highest BCUT2D eigenvalue weighted by Gasteiger charge is 2.27. The summed E-state index contributed by atoms with van der Waals surface area (Å²) in [5, 5.41) is 0.941. The Morgan fingerprint density at radius 1 is 0.893 bits per heavy atom. The molecule has 0 fully saturated rings. The fourth-order valence-electron chi connectivity index (χ4n) is 2.98. The zero-order chi connectivity index (χ0) is 19.9. The molecule has 0 bridgehead atoms. The zero-order valence-corrected chi connectivity index (χ0v) is 17.1. The van der Waals surface area contributed by atoms with Crippen LogP contribution >= 0.6 is 23.2 Å². The number of hydrogen-bond acceptors (Lipinski definition) is 3. The van der Waals surface area contributed by atoms with Crippen LogP contribution in [0.4, 0.5) is 5.82 Å². The van der Waals surface area contributed by atoms with E-state index in [1.54, 1.807) is 34.9 Å². The molecule has 0 radical (unpaired) electrons. The van der Waals surface area contributed by atoms with Gasteiger partial charge in [0.05, 0.1) is 9.92 Å². The number of rotatable bonds is 4. The van der Waals surface area contributed by atoms with E-state index >= 15 is 0 Å². The summed E-state index contributed by atoms with van der Waals surface area (Å²) in [7, 11) is -2.34. The van der Waals surface area contributed by atoms with Crippen molar-refractivity contribution in [2.45, 2.75) is 4.90 Å². The minimum atomic E-state index is -3.84. The lowest BCUT2D eigenvalue weighted by atomic mass is 10.1. The fraction of sp³-hybridized carbons (Fsp3) is 0.0500. The third kappa shape index (κ3) is 3.24. The molecule has 142 valence electrons. The molecule has 0 saturated carbocycles. The van der Waals surface area contributed by atoms with Crippen molar-refractivity contribution < 1.29 is 8.42 Å². The minimum absolute atomic E-state index is 0.135. The first-order valence-corrected chi connectivity index (χ1v) is 10.5. The summed E-state index contributed by atoms with van der Waals surface area (Å²) >= 11 is 12.1. The number of fused-ring (bicyclic) bond motifs is 1. The van der Waals surface area contributed by atoms with Crippen molar-refractivity contribution in [2.24, 2.45) is 0 Å². The number of sulfonamides is 1. The van der Waals surface area contributed by atoms with Crippen LogP contribution in [0.3, 0.4) is 0 Å². The molecular weight excluding hydrogens is 417 g/mol. The summed E-state index contributed by atoms with van der Waals surface area (Å²) in [6.07, 6.45) is 1.65. The Morgan fingerprint density at radius 2 is 1.54 bits per heavy atom. The number of hydrogen-bond donors (Lipinski definition) is 0. The van der Waals surface area contributed by atoms with E-state index in [1.165, 1.54) is 23.5 Å². The second kappa shape index (κ2) is 7.13. The van der Waals surface area contributed by atoms with Gasteiger partial charge in [0.15, 0.2) is 5.82 Å². The first-order chi connectivity index (χ1) is 13.4. The summed E-state index contributed by atoms with van der Waals surface area (Å²) in [6, 6.07) is 18.9. The normalized spacial score (nSPS) is 11.7. The molecule has 0 aliphatic heterocycles. The Hall–Kier alpha value is -2.54. The number of nitrogens with zero attached hydrogens (tertiary/aromatic N) is 3. The highest BCUT2D eigenvalue weighted by molar-refractivity contribution is 7.92. The molecule has 4 rings (SSSR count). The first kappa shape index (κ1) is 18.8. The van der Waals surface area contributed by atoms with E-state index in [-0.39, 0.29) is 4.90 Å². The van der Waals surface area contributed by atoms with Crippen LogP contribution in [0.15, 0.2) is 77.8 Å². The third-order valence-electron chi connectivity index (χ3n) is 4.37. The van der Waals surface area contributed by atoms with Gasteiger partial charge < -0.3 is 0 Å². The van der Waals surface area contributed by atoms with Gasteiger partial charge in [-0.1, -0.05) is 53.5 Å². The fourth-order valence-corrected chi connectivity index (χ4v) is 4.46. The predicted molar refractivity (Wildman–Crippen MR) is 113 cm³/mol. The van der Waals surface area contributed by atoms with Gasteiger partial charge in [-0.3, -0.25) is 8.71 Å². The van der Waals surface area contributed by atoms with E-state index < -0.39 is 10.0 Å². The maximum Gasteiger partial charge on any atom is 0.265 e. The SMILES string of the molecule is CN(c1c(-c2ccccc2)nc2ccc(Cl)cn12)S(=O)(=O)c1ccc(Cl)cc1. The highest BCUT2D eigenvalue weighted by atomic mass is 35.5. The van der Waals surface area contributed by atoms with Gasteiger partial charge in [0.2, 0.25) is 0 Å². The van der Waals surface area contributed by atoms with E-state index in [1.807, 2.05) is 30.3 Å². The Labute approximate surface area is 172 Å². The first-order valence-electron chi connectivity index (χ1n) is 8.35. The quantitative estimate of drug-likeness (QED) is 0.449. The van der Waals surface area contributed by atoms with Crippen LogP contribution in [0.1, 0.15) is 0 Å². The summed E-state index contributed by atoms with van der Waals surface area (Å²) in [6.45, 7) is 0. The molecule has 0 aliphatic carbocycles. The standard InChI is InChI=1S/C20H15Cl2N3O2S/c1-24(28(26,27)17-10-7-15(21)8-11-17)20-19(14-5-3-2-4-6-14)23-18-12-9-16(22)13-25(18)20/h2-13H,1H3. The number of aromatic nitrogens is 2. The Balaban J connectivity index is 1.96. The summed E-state index contributed by atoms with van der Waals surface area (Å²) in [4.78, 5) is 4.78. The summed E-state index contributed by atoms with van der Waals surface area (Å²) < 4.78 is 29.4. The van der Waals surface area contributed by atoms with Crippen molar-refractivity contribution in [3.8, 4) is 11.3 Å². The Bertz CT molecular complexity index is 1250. The largest absolute Gasteiger partial charge is 0.283 e. The second-order valence-corrected chi connectivity index (χ2v) is 8.99. The number of halogens is 2. The Morgan fingerprint density at radius 3 is 2.21 bits per heavy atom. The maximum atomic E-state index is 13.3. The van der Waals surface area contributed by atoms with E-state index in [2.05, 4.69) is 4.98 Å². The van der Waals surface area contributed by atoms with Crippen molar-refractivity contribution in [3.05, 3.63) is 83.0 Å². The van der Waals surface area contributed by atoms with Gasteiger partial charge in [-0.25, -0.2) is 13.4 Å². The lowest BCUT2D eigenvalue weighted by molar-refractivity contribution is 0.594. The van der Waals surface area contributed by atoms with Crippen LogP contribution in [0.25, 0.3) is 16.9 Å². The molecule has 0 saturated heterocycles. The van der Waals surface area contributed by atoms with Crippen molar-refractivity contribution >= 4 is 44.7 Å². The van der Waals surface area contributed by atoms with Crippen LogP contribution in [-0.2, 0) is 10.0 Å². The highest BCUT2D eigenvalue weighted by Crippen LogP contribution is 2.34. The summed E-state index contributed by atoms with van der Waals surface area (Å²) in [5.74, 6) is 0.402. The molecule has 0 amide bonds. The van der Waals surface area contributed by atoms with E-state index in [4.69, 9.17) is 23.2 Å². The molecule has 2 heterocycles. The molecule has 5 nitrogen and oxygen atoms in total. The molecule has 8 heteroatoms. The molecular formula is C20H15Cl2N3O2S. The smallest absolute Gasteiger partial charge is 0.265 e. The van der Waals surface area contributed by atoms with Crippen LogP contribution in [-0.4, -0.2) is 24.9 Å². The molecule has 0 aliphatic rings. The molecule has 0 atom stereocenters. The van der Waals surface area contributed by atoms with Gasteiger partial charge in [0, 0.05) is 23.8 Å².